The molecule has 0 N–H and O–H groups in total. The van der Waals surface area contributed by atoms with Crippen molar-refractivity contribution in [2.24, 2.45) is 0 Å². The molecule has 5 heteroatoms. The Labute approximate surface area is 139 Å². The van der Waals surface area contributed by atoms with Crippen LogP contribution in [0, 0.1) is 0 Å². The van der Waals surface area contributed by atoms with Crippen LogP contribution in [0.3, 0.4) is 0 Å². The van der Waals surface area contributed by atoms with Gasteiger partial charge < -0.3 is 21.9 Å². The molecule has 0 aliphatic carbocycles. The van der Waals surface area contributed by atoms with Crippen molar-refractivity contribution in [3.05, 3.63) is 23.8 Å². The summed E-state index contributed by atoms with van der Waals surface area (Å²) < 4.78 is 11.9. The number of hydrogen-bond acceptors (Lipinski definition) is 4. The van der Waals surface area contributed by atoms with Gasteiger partial charge in [0.2, 0.25) is 0 Å². The number of hydrogen-bond donors (Lipinski definition) is 0. The normalized spacial score (nSPS) is 14.8. The molecule has 1 heterocycles. The molecular weight excluding hydrogens is 302 g/mol. The Bertz CT molecular complexity index is 511. The Kier molecular flexibility index (Phi) is 6.69. The van der Waals surface area contributed by atoms with E-state index in [0.717, 1.165) is 31.7 Å². The van der Waals surface area contributed by atoms with Gasteiger partial charge in [0.05, 0.1) is 6.54 Å². The highest BCUT2D eigenvalue weighted by atomic mass is 35.5. The van der Waals surface area contributed by atoms with Crippen LogP contribution in [0.4, 0.5) is 0 Å². The molecular formula is C17H25ClNO3-. The van der Waals surface area contributed by atoms with E-state index < -0.39 is 5.79 Å². The number of benzene rings is 1. The predicted molar refractivity (Wildman–Crippen MR) is 83.1 cm³/mol. The van der Waals surface area contributed by atoms with E-state index in [2.05, 4.69) is 18.7 Å². The van der Waals surface area contributed by atoms with Crippen molar-refractivity contribution in [2.75, 3.05) is 19.6 Å². The molecule has 0 unspecified atom stereocenters. The first-order valence-corrected chi connectivity index (χ1v) is 7.85. The molecule has 0 spiro atoms. The van der Waals surface area contributed by atoms with Crippen LogP contribution >= 0.6 is 0 Å². The van der Waals surface area contributed by atoms with Crippen molar-refractivity contribution < 1.29 is 26.7 Å². The number of likely N-dealkylation sites (N-methyl/N-ethyl adjacent to an activating group) is 1. The van der Waals surface area contributed by atoms with E-state index >= 15 is 0 Å². The number of fused-ring (bicyclic) bond motifs is 1. The molecule has 0 saturated heterocycles. The van der Waals surface area contributed by atoms with Crippen LogP contribution in [0.1, 0.15) is 50.9 Å². The molecule has 2 rings (SSSR count). The van der Waals surface area contributed by atoms with Crippen LogP contribution in [-0.2, 0) is 0 Å². The zero-order chi connectivity index (χ0) is 15.5. The summed E-state index contributed by atoms with van der Waals surface area (Å²) in [5.41, 5.74) is 0.687. The standard InChI is InChI=1S/C17H25NO3.ClH/c1-5-17(6-2)20-15-10-9-13(11-16(15)21-17)14(19)12-18(7-3)8-4;/h9-11H,5-8,12H2,1-4H3;1H/p-1. The maximum Gasteiger partial charge on any atom is 0.251 e. The first-order valence-electron chi connectivity index (χ1n) is 7.85. The molecule has 1 aliphatic heterocycles. The molecule has 0 fully saturated rings. The van der Waals surface area contributed by atoms with Crippen molar-refractivity contribution >= 4 is 5.78 Å². The molecule has 0 radical (unpaired) electrons. The Morgan fingerprint density at radius 1 is 1.05 bits per heavy atom. The molecule has 0 amide bonds. The minimum Gasteiger partial charge on any atom is -1.00 e. The van der Waals surface area contributed by atoms with Crippen molar-refractivity contribution in [2.45, 2.75) is 46.3 Å². The third kappa shape index (κ3) is 3.73. The summed E-state index contributed by atoms with van der Waals surface area (Å²) in [5.74, 6) is 0.973. The van der Waals surface area contributed by atoms with Gasteiger partial charge in [-0.3, -0.25) is 9.69 Å². The Morgan fingerprint density at radius 2 is 1.64 bits per heavy atom. The quantitative estimate of drug-likeness (QED) is 0.684. The maximum atomic E-state index is 12.3. The highest BCUT2D eigenvalue weighted by Crippen LogP contribution is 2.42. The average Bonchev–Trinajstić information content (AvgIpc) is 2.90. The van der Waals surface area contributed by atoms with E-state index in [9.17, 15) is 4.79 Å². The molecule has 0 atom stereocenters. The highest BCUT2D eigenvalue weighted by Gasteiger charge is 2.38. The van der Waals surface area contributed by atoms with Crippen molar-refractivity contribution in [3.8, 4) is 11.5 Å². The number of carbonyl (C=O) groups excluding carboxylic acids is 1. The third-order valence-corrected chi connectivity index (χ3v) is 4.20. The lowest BCUT2D eigenvalue weighted by Crippen LogP contribution is -3.00. The van der Waals surface area contributed by atoms with E-state index in [1.165, 1.54) is 0 Å². The van der Waals surface area contributed by atoms with Crippen LogP contribution < -0.4 is 21.9 Å². The van der Waals surface area contributed by atoms with E-state index in [0.29, 0.717) is 17.9 Å². The zero-order valence-electron chi connectivity index (χ0n) is 13.8. The van der Waals surface area contributed by atoms with Gasteiger partial charge in [0.1, 0.15) is 0 Å². The number of carbonyl (C=O) groups is 1. The van der Waals surface area contributed by atoms with E-state index in [1.54, 1.807) is 0 Å². The third-order valence-electron chi connectivity index (χ3n) is 4.20. The lowest BCUT2D eigenvalue weighted by atomic mass is 10.1. The van der Waals surface area contributed by atoms with Crippen molar-refractivity contribution in [1.82, 2.24) is 4.90 Å². The van der Waals surface area contributed by atoms with Gasteiger partial charge >= 0.3 is 0 Å². The fraction of sp³-hybridized carbons (Fsp3) is 0.588. The van der Waals surface area contributed by atoms with Gasteiger partial charge in [0.15, 0.2) is 17.3 Å². The van der Waals surface area contributed by atoms with E-state index in [1.807, 2.05) is 32.0 Å². The summed E-state index contributed by atoms with van der Waals surface area (Å²) in [6.07, 6.45) is 1.56. The van der Waals surface area contributed by atoms with E-state index in [-0.39, 0.29) is 18.2 Å². The summed E-state index contributed by atoms with van der Waals surface area (Å²) in [6.45, 7) is 10.4. The molecule has 0 saturated carbocycles. The molecule has 22 heavy (non-hydrogen) atoms. The fourth-order valence-electron chi connectivity index (χ4n) is 2.55. The number of Topliss-reactive ketones (excluding diaryl/α,β-unsaturated/α-hetero) is 1. The molecule has 0 bridgehead atoms. The number of ether oxygens (including phenoxy) is 2. The Balaban J connectivity index is 0.00000242. The van der Waals surface area contributed by atoms with Crippen LogP contribution in [0.2, 0.25) is 0 Å². The minimum atomic E-state index is -0.567. The summed E-state index contributed by atoms with van der Waals surface area (Å²) in [6, 6.07) is 5.49. The van der Waals surface area contributed by atoms with Crippen LogP contribution in [0.25, 0.3) is 0 Å². The molecule has 0 aromatic heterocycles. The molecule has 1 aliphatic rings. The first kappa shape index (κ1) is 18.8. The average molecular weight is 327 g/mol. The van der Waals surface area contributed by atoms with Gasteiger partial charge in [-0.25, -0.2) is 0 Å². The summed E-state index contributed by atoms with van der Waals surface area (Å²) in [5, 5.41) is 0. The monoisotopic (exact) mass is 326 g/mol. The largest absolute Gasteiger partial charge is 1.00 e. The topological polar surface area (TPSA) is 38.8 Å². The molecule has 1 aromatic carbocycles. The fourth-order valence-corrected chi connectivity index (χ4v) is 2.55. The summed E-state index contributed by atoms with van der Waals surface area (Å²) in [4.78, 5) is 14.4. The van der Waals surface area contributed by atoms with Crippen LogP contribution in [0.5, 0.6) is 11.5 Å². The van der Waals surface area contributed by atoms with Gasteiger partial charge in [0, 0.05) is 18.4 Å². The number of halogens is 1. The summed E-state index contributed by atoms with van der Waals surface area (Å²) >= 11 is 0. The van der Waals surface area contributed by atoms with Gasteiger partial charge in [-0.15, -0.1) is 0 Å². The second kappa shape index (κ2) is 7.84. The second-order valence-corrected chi connectivity index (χ2v) is 5.37. The Hall–Kier alpha value is -1.26. The van der Waals surface area contributed by atoms with Gasteiger partial charge in [0.25, 0.3) is 5.79 Å². The number of ketones is 1. The van der Waals surface area contributed by atoms with Gasteiger partial charge in [-0.05, 0) is 31.3 Å². The minimum absolute atomic E-state index is 0. The SMILES string of the molecule is CCN(CC)CC(=O)c1ccc2c(c1)OC(CC)(CC)O2.[Cl-]. The van der Waals surface area contributed by atoms with Crippen LogP contribution in [-0.4, -0.2) is 36.1 Å². The highest BCUT2D eigenvalue weighted by molar-refractivity contribution is 5.98. The Morgan fingerprint density at radius 3 is 2.18 bits per heavy atom. The smallest absolute Gasteiger partial charge is 0.251 e. The second-order valence-electron chi connectivity index (χ2n) is 5.37. The van der Waals surface area contributed by atoms with Gasteiger partial charge in [-0.1, -0.05) is 27.7 Å². The molecule has 4 nitrogen and oxygen atoms in total. The van der Waals surface area contributed by atoms with Crippen LogP contribution in [0.15, 0.2) is 18.2 Å². The zero-order valence-corrected chi connectivity index (χ0v) is 14.6. The number of rotatable bonds is 7. The lowest BCUT2D eigenvalue weighted by molar-refractivity contribution is -0.0843. The van der Waals surface area contributed by atoms with Crippen molar-refractivity contribution in [3.63, 3.8) is 0 Å². The lowest BCUT2D eigenvalue weighted by Gasteiger charge is -2.24. The van der Waals surface area contributed by atoms with Crippen molar-refractivity contribution in [1.29, 1.82) is 0 Å². The first-order chi connectivity index (χ1) is 10.1. The van der Waals surface area contributed by atoms with Gasteiger partial charge in [-0.2, -0.15) is 0 Å². The maximum absolute atomic E-state index is 12.3. The predicted octanol–water partition coefficient (Wildman–Crippen LogP) is 0.503. The number of nitrogens with zero attached hydrogens (tertiary/aromatic N) is 1. The van der Waals surface area contributed by atoms with E-state index in [4.69, 9.17) is 9.47 Å². The summed E-state index contributed by atoms with van der Waals surface area (Å²) in [7, 11) is 0. The molecule has 124 valence electrons. The molecule has 1 aromatic rings.